The number of hydrogen-bond donors (Lipinski definition) is 0. The van der Waals surface area contributed by atoms with Crippen molar-refractivity contribution >= 4 is 23.2 Å². The molecule has 0 saturated heterocycles. The average molecular weight is 180 g/mol. The quantitative estimate of drug-likeness (QED) is 0.696. The van der Waals surface area contributed by atoms with Crippen LogP contribution in [-0.4, -0.2) is 14.8 Å². The number of halogens is 2. The van der Waals surface area contributed by atoms with Gasteiger partial charge in [0.15, 0.2) is 0 Å². The van der Waals surface area contributed by atoms with E-state index in [1.807, 2.05) is 6.92 Å². The van der Waals surface area contributed by atoms with E-state index in [9.17, 15) is 0 Å². The maximum absolute atomic E-state index is 5.63. The molecule has 0 atom stereocenters. The molecule has 0 radical (unpaired) electrons. The van der Waals surface area contributed by atoms with Gasteiger partial charge in [0.05, 0.1) is 0 Å². The molecule has 0 N–H and O–H groups in total. The highest BCUT2D eigenvalue weighted by Crippen LogP contribution is 2.09. The van der Waals surface area contributed by atoms with E-state index >= 15 is 0 Å². The number of nitrogens with zero attached hydrogens (tertiary/aromatic N) is 3. The Morgan fingerprint density at radius 2 is 2.20 bits per heavy atom. The molecular weight excluding hydrogens is 173 g/mol. The van der Waals surface area contributed by atoms with Crippen LogP contribution >= 0.6 is 23.2 Å². The van der Waals surface area contributed by atoms with Crippen molar-refractivity contribution in [2.75, 3.05) is 0 Å². The van der Waals surface area contributed by atoms with Crippen LogP contribution < -0.4 is 0 Å². The first-order valence-corrected chi connectivity index (χ1v) is 3.75. The van der Waals surface area contributed by atoms with Crippen LogP contribution in [0.1, 0.15) is 13.3 Å². The summed E-state index contributed by atoms with van der Waals surface area (Å²) in [6, 6.07) is 0. The van der Waals surface area contributed by atoms with Gasteiger partial charge in [-0.1, -0.05) is 6.92 Å². The molecule has 0 spiro atoms. The first-order chi connectivity index (χ1) is 4.74. The van der Waals surface area contributed by atoms with Gasteiger partial charge in [-0.15, -0.1) is 5.10 Å². The lowest BCUT2D eigenvalue weighted by atomic mass is 10.5. The Hall–Kier alpha value is -0.280. The van der Waals surface area contributed by atoms with Crippen molar-refractivity contribution in [1.82, 2.24) is 14.8 Å². The summed E-state index contributed by atoms with van der Waals surface area (Å²) in [4.78, 5) is 3.71. The first kappa shape index (κ1) is 7.82. The van der Waals surface area contributed by atoms with Crippen LogP contribution in [0.2, 0.25) is 10.6 Å². The predicted octanol–water partition coefficient (Wildman–Crippen LogP) is 1.99. The molecule has 1 aromatic rings. The van der Waals surface area contributed by atoms with E-state index in [0.717, 1.165) is 13.0 Å². The minimum Gasteiger partial charge on any atom is -0.235 e. The molecule has 0 aliphatic heterocycles. The van der Waals surface area contributed by atoms with Crippen LogP contribution in [-0.2, 0) is 6.54 Å². The van der Waals surface area contributed by atoms with E-state index in [1.165, 1.54) is 0 Å². The maximum Gasteiger partial charge on any atom is 0.243 e. The average Bonchev–Trinajstić information content (AvgIpc) is 2.13. The topological polar surface area (TPSA) is 30.7 Å². The van der Waals surface area contributed by atoms with E-state index < -0.39 is 0 Å². The highest BCUT2D eigenvalue weighted by atomic mass is 35.5. The number of aromatic nitrogens is 3. The SMILES string of the molecule is CCCn1nc(Cl)nc1Cl. The van der Waals surface area contributed by atoms with E-state index in [0.29, 0.717) is 5.28 Å². The van der Waals surface area contributed by atoms with Crippen molar-refractivity contribution in [3.05, 3.63) is 10.6 Å². The van der Waals surface area contributed by atoms with Gasteiger partial charge in [-0.3, -0.25) is 0 Å². The summed E-state index contributed by atoms with van der Waals surface area (Å²) in [6.45, 7) is 2.80. The Balaban J connectivity index is 2.81. The highest BCUT2D eigenvalue weighted by molar-refractivity contribution is 6.31. The fraction of sp³-hybridized carbons (Fsp3) is 0.600. The van der Waals surface area contributed by atoms with E-state index in [-0.39, 0.29) is 5.28 Å². The molecule has 10 heavy (non-hydrogen) atoms. The van der Waals surface area contributed by atoms with Gasteiger partial charge in [-0.05, 0) is 29.6 Å². The van der Waals surface area contributed by atoms with E-state index in [4.69, 9.17) is 23.2 Å². The van der Waals surface area contributed by atoms with Crippen LogP contribution in [0.4, 0.5) is 0 Å². The summed E-state index contributed by atoms with van der Waals surface area (Å²) >= 11 is 11.1. The molecule has 0 aliphatic rings. The van der Waals surface area contributed by atoms with Crippen molar-refractivity contribution in [2.24, 2.45) is 0 Å². The second kappa shape index (κ2) is 3.21. The Bertz CT molecular complexity index is 221. The summed E-state index contributed by atoms with van der Waals surface area (Å²) < 4.78 is 1.57. The smallest absolute Gasteiger partial charge is 0.235 e. The van der Waals surface area contributed by atoms with Crippen molar-refractivity contribution < 1.29 is 0 Å². The molecule has 1 rings (SSSR count). The molecule has 1 heterocycles. The van der Waals surface area contributed by atoms with Gasteiger partial charge in [-0.2, -0.15) is 4.98 Å². The second-order valence-corrected chi connectivity index (χ2v) is 2.55. The number of aryl methyl sites for hydroxylation is 1. The van der Waals surface area contributed by atoms with Gasteiger partial charge in [-0.25, -0.2) is 4.68 Å². The van der Waals surface area contributed by atoms with Crippen molar-refractivity contribution in [3.8, 4) is 0 Å². The van der Waals surface area contributed by atoms with Crippen LogP contribution in [0.15, 0.2) is 0 Å². The first-order valence-electron chi connectivity index (χ1n) is 3.00. The van der Waals surface area contributed by atoms with Gasteiger partial charge < -0.3 is 0 Å². The third-order valence-corrected chi connectivity index (χ3v) is 1.48. The molecule has 3 nitrogen and oxygen atoms in total. The third kappa shape index (κ3) is 1.61. The zero-order valence-electron chi connectivity index (χ0n) is 5.51. The molecular formula is C5H7Cl2N3. The van der Waals surface area contributed by atoms with Crippen molar-refractivity contribution in [1.29, 1.82) is 0 Å². The van der Waals surface area contributed by atoms with Crippen LogP contribution in [0.3, 0.4) is 0 Å². The highest BCUT2D eigenvalue weighted by Gasteiger charge is 2.02. The van der Waals surface area contributed by atoms with Gasteiger partial charge in [0.25, 0.3) is 0 Å². The standard InChI is InChI=1S/C5H7Cl2N3/c1-2-3-10-5(7)8-4(6)9-10/h2-3H2,1H3. The monoisotopic (exact) mass is 179 g/mol. The van der Waals surface area contributed by atoms with Gasteiger partial charge >= 0.3 is 0 Å². The number of rotatable bonds is 2. The maximum atomic E-state index is 5.63. The summed E-state index contributed by atoms with van der Waals surface area (Å²) in [5, 5.41) is 4.40. The number of hydrogen-bond acceptors (Lipinski definition) is 2. The molecule has 0 saturated carbocycles. The molecule has 1 aromatic heterocycles. The molecule has 0 fully saturated rings. The van der Waals surface area contributed by atoms with Crippen molar-refractivity contribution in [3.63, 3.8) is 0 Å². The molecule has 56 valence electrons. The molecule has 0 bridgehead atoms. The van der Waals surface area contributed by atoms with Gasteiger partial charge in [0.1, 0.15) is 0 Å². The second-order valence-electron chi connectivity index (χ2n) is 1.87. The zero-order chi connectivity index (χ0) is 7.56. The van der Waals surface area contributed by atoms with E-state index in [2.05, 4.69) is 10.1 Å². The fourth-order valence-corrected chi connectivity index (χ4v) is 1.07. The van der Waals surface area contributed by atoms with E-state index in [1.54, 1.807) is 4.68 Å². The Morgan fingerprint density at radius 3 is 2.60 bits per heavy atom. The molecule has 0 aliphatic carbocycles. The summed E-state index contributed by atoms with van der Waals surface area (Å²) in [7, 11) is 0. The summed E-state index contributed by atoms with van der Waals surface area (Å²) in [6.07, 6.45) is 0.972. The minimum absolute atomic E-state index is 0.207. The van der Waals surface area contributed by atoms with Gasteiger partial charge in [0, 0.05) is 6.54 Å². The molecule has 0 amide bonds. The summed E-state index contributed by atoms with van der Waals surface area (Å²) in [5.41, 5.74) is 0. The molecule has 0 unspecified atom stereocenters. The predicted molar refractivity (Wildman–Crippen MR) is 40.3 cm³/mol. The minimum atomic E-state index is 0.207. The lowest BCUT2D eigenvalue weighted by Gasteiger charge is -1.94. The summed E-state index contributed by atoms with van der Waals surface area (Å²) in [5.74, 6) is 0. The van der Waals surface area contributed by atoms with Crippen molar-refractivity contribution in [2.45, 2.75) is 19.9 Å². The fourth-order valence-electron chi connectivity index (χ4n) is 0.651. The van der Waals surface area contributed by atoms with Crippen LogP contribution in [0.5, 0.6) is 0 Å². The Morgan fingerprint density at radius 1 is 1.50 bits per heavy atom. The largest absolute Gasteiger partial charge is 0.243 e. The van der Waals surface area contributed by atoms with Gasteiger partial charge in [0.2, 0.25) is 10.6 Å². The lowest BCUT2D eigenvalue weighted by molar-refractivity contribution is 0.602. The lowest BCUT2D eigenvalue weighted by Crippen LogP contribution is -1.98. The van der Waals surface area contributed by atoms with Crippen LogP contribution in [0, 0.1) is 0 Å². The van der Waals surface area contributed by atoms with Crippen LogP contribution in [0.25, 0.3) is 0 Å². The molecule has 5 heteroatoms. The zero-order valence-corrected chi connectivity index (χ0v) is 7.02. The third-order valence-electron chi connectivity index (χ3n) is 1.04. The molecule has 0 aromatic carbocycles. The normalized spacial score (nSPS) is 10.3. The Labute approximate surface area is 69.0 Å². The Kier molecular flexibility index (Phi) is 2.51.